The molecule has 146 valence electrons. The summed E-state index contributed by atoms with van der Waals surface area (Å²) >= 11 is 1.31. The molecule has 0 unspecified atom stereocenters. The Morgan fingerprint density at radius 3 is 2.46 bits per heavy atom. The van der Waals surface area contributed by atoms with Crippen LogP contribution < -0.4 is 19.5 Å². The molecule has 7 nitrogen and oxygen atoms in total. The van der Waals surface area contributed by atoms with Crippen LogP contribution in [0.2, 0.25) is 0 Å². The Morgan fingerprint density at radius 2 is 1.79 bits per heavy atom. The number of carbonyl (C=O) groups is 1. The minimum Gasteiger partial charge on any atom is -0.496 e. The summed E-state index contributed by atoms with van der Waals surface area (Å²) in [5, 5.41) is 12.1. The molecule has 0 radical (unpaired) electrons. The summed E-state index contributed by atoms with van der Waals surface area (Å²) in [5.74, 6) is 1.30. The number of methoxy groups -OCH3 is 2. The van der Waals surface area contributed by atoms with Crippen molar-refractivity contribution in [2.45, 2.75) is 13.3 Å². The number of hydrogen-bond donors (Lipinski definition) is 1. The Balaban J connectivity index is 1.61. The highest BCUT2D eigenvalue weighted by molar-refractivity contribution is 7.15. The third-order valence-electron chi connectivity index (χ3n) is 3.92. The van der Waals surface area contributed by atoms with Gasteiger partial charge in [0.1, 0.15) is 27.8 Å². The average molecular weight is 399 g/mol. The molecule has 0 aliphatic rings. The molecule has 0 atom stereocenters. The first kappa shape index (κ1) is 19.6. The largest absolute Gasteiger partial charge is 0.496 e. The molecule has 1 aromatic heterocycles. The maximum atomic E-state index is 12.7. The highest BCUT2D eigenvalue weighted by atomic mass is 32.1. The van der Waals surface area contributed by atoms with Crippen molar-refractivity contribution in [2.24, 2.45) is 0 Å². The molecule has 0 bridgehead atoms. The fourth-order valence-corrected chi connectivity index (χ4v) is 3.32. The zero-order valence-electron chi connectivity index (χ0n) is 15.9. The lowest BCUT2D eigenvalue weighted by Crippen LogP contribution is -2.14. The lowest BCUT2D eigenvalue weighted by atomic mass is 10.1. The fourth-order valence-electron chi connectivity index (χ4n) is 2.60. The van der Waals surface area contributed by atoms with Gasteiger partial charge < -0.3 is 14.2 Å². The molecule has 28 heavy (non-hydrogen) atoms. The molecule has 2 aromatic carbocycles. The van der Waals surface area contributed by atoms with Gasteiger partial charge in [-0.25, -0.2) is 0 Å². The van der Waals surface area contributed by atoms with E-state index in [-0.39, 0.29) is 5.91 Å². The molecule has 0 fully saturated rings. The molecule has 3 aromatic rings. The molecule has 0 saturated carbocycles. The van der Waals surface area contributed by atoms with Gasteiger partial charge in [-0.1, -0.05) is 29.5 Å². The summed E-state index contributed by atoms with van der Waals surface area (Å²) in [6.45, 7) is 2.50. The molecule has 3 rings (SSSR count). The lowest BCUT2D eigenvalue weighted by molar-refractivity contribution is 0.102. The molecule has 0 aliphatic carbocycles. The Kier molecular flexibility index (Phi) is 6.44. The van der Waals surface area contributed by atoms with E-state index >= 15 is 0 Å². The van der Waals surface area contributed by atoms with Crippen LogP contribution in [0, 0.1) is 6.92 Å². The van der Waals surface area contributed by atoms with Crippen LogP contribution in [0.3, 0.4) is 0 Å². The van der Waals surface area contributed by atoms with Crippen molar-refractivity contribution in [3.05, 3.63) is 58.6 Å². The van der Waals surface area contributed by atoms with Gasteiger partial charge in [-0.3, -0.25) is 10.1 Å². The van der Waals surface area contributed by atoms with E-state index in [0.717, 1.165) is 16.3 Å². The van der Waals surface area contributed by atoms with E-state index in [1.807, 2.05) is 31.2 Å². The number of rotatable bonds is 8. The van der Waals surface area contributed by atoms with Crippen LogP contribution >= 0.6 is 11.3 Å². The molecule has 0 saturated heterocycles. The number of amides is 1. The Labute approximate surface area is 167 Å². The van der Waals surface area contributed by atoms with Gasteiger partial charge in [0.05, 0.1) is 20.8 Å². The zero-order chi connectivity index (χ0) is 19.9. The maximum Gasteiger partial charge on any atom is 0.265 e. The zero-order valence-corrected chi connectivity index (χ0v) is 16.7. The van der Waals surface area contributed by atoms with Gasteiger partial charge in [-0.15, -0.1) is 10.2 Å². The van der Waals surface area contributed by atoms with E-state index in [1.54, 1.807) is 18.2 Å². The first-order valence-electron chi connectivity index (χ1n) is 8.65. The van der Waals surface area contributed by atoms with E-state index in [9.17, 15) is 4.79 Å². The summed E-state index contributed by atoms with van der Waals surface area (Å²) in [6.07, 6.45) is 0.597. The molecular weight excluding hydrogens is 378 g/mol. The number of hydrogen-bond acceptors (Lipinski definition) is 7. The topological polar surface area (TPSA) is 82.6 Å². The number of aromatic nitrogens is 2. The van der Waals surface area contributed by atoms with Crippen LogP contribution in [0.1, 0.15) is 20.9 Å². The summed E-state index contributed by atoms with van der Waals surface area (Å²) < 4.78 is 16.3. The minimum absolute atomic E-state index is 0.312. The summed E-state index contributed by atoms with van der Waals surface area (Å²) in [7, 11) is 3.01. The smallest absolute Gasteiger partial charge is 0.265 e. The van der Waals surface area contributed by atoms with Crippen LogP contribution in [0.25, 0.3) is 0 Å². The van der Waals surface area contributed by atoms with E-state index in [4.69, 9.17) is 14.2 Å². The van der Waals surface area contributed by atoms with Gasteiger partial charge in [0.2, 0.25) is 5.13 Å². The average Bonchev–Trinajstić information content (AvgIpc) is 3.14. The lowest BCUT2D eigenvalue weighted by Gasteiger charge is -2.11. The number of nitrogens with zero attached hydrogens (tertiary/aromatic N) is 2. The normalized spacial score (nSPS) is 10.4. The third kappa shape index (κ3) is 4.77. The first-order valence-corrected chi connectivity index (χ1v) is 9.46. The van der Waals surface area contributed by atoms with E-state index in [2.05, 4.69) is 15.5 Å². The predicted octanol–water partition coefficient (Wildman–Crippen LogP) is 3.74. The highest BCUT2D eigenvalue weighted by Crippen LogP contribution is 2.29. The molecule has 0 spiro atoms. The van der Waals surface area contributed by atoms with Crippen LogP contribution in [0.15, 0.2) is 42.5 Å². The Hall–Kier alpha value is -3.13. The van der Waals surface area contributed by atoms with E-state index < -0.39 is 0 Å². The monoisotopic (exact) mass is 399 g/mol. The molecule has 1 heterocycles. The van der Waals surface area contributed by atoms with Crippen molar-refractivity contribution >= 4 is 22.4 Å². The minimum atomic E-state index is -0.368. The van der Waals surface area contributed by atoms with Gasteiger partial charge in [0.15, 0.2) is 0 Å². The van der Waals surface area contributed by atoms with Crippen LogP contribution in [-0.2, 0) is 6.42 Å². The molecule has 1 amide bonds. The van der Waals surface area contributed by atoms with Crippen LogP contribution in [-0.4, -0.2) is 36.9 Å². The van der Waals surface area contributed by atoms with Crippen LogP contribution in [0.5, 0.6) is 17.2 Å². The predicted molar refractivity (Wildman–Crippen MR) is 108 cm³/mol. The standard InChI is InChI=1S/C20H21N3O4S/c1-13-6-4-7-14(12-13)27-11-10-17-22-23-20(28-17)21-19(24)18-15(25-2)8-5-9-16(18)26-3/h4-9,12H,10-11H2,1-3H3,(H,21,23,24). The maximum absolute atomic E-state index is 12.7. The van der Waals surface area contributed by atoms with Gasteiger partial charge in [-0.05, 0) is 36.8 Å². The van der Waals surface area contributed by atoms with Crippen molar-refractivity contribution in [3.63, 3.8) is 0 Å². The Bertz CT molecular complexity index is 936. The van der Waals surface area contributed by atoms with Crippen LogP contribution in [0.4, 0.5) is 5.13 Å². The van der Waals surface area contributed by atoms with E-state index in [0.29, 0.717) is 35.2 Å². The van der Waals surface area contributed by atoms with Gasteiger partial charge >= 0.3 is 0 Å². The van der Waals surface area contributed by atoms with Gasteiger partial charge in [-0.2, -0.15) is 0 Å². The third-order valence-corrected chi connectivity index (χ3v) is 4.81. The number of aryl methyl sites for hydroxylation is 1. The fraction of sp³-hybridized carbons (Fsp3) is 0.250. The van der Waals surface area contributed by atoms with Gasteiger partial charge in [0.25, 0.3) is 5.91 Å². The quantitative estimate of drug-likeness (QED) is 0.621. The van der Waals surface area contributed by atoms with E-state index in [1.165, 1.54) is 25.6 Å². The van der Waals surface area contributed by atoms with Gasteiger partial charge in [0, 0.05) is 6.42 Å². The van der Waals surface area contributed by atoms with Crippen molar-refractivity contribution in [2.75, 3.05) is 26.1 Å². The summed E-state index contributed by atoms with van der Waals surface area (Å²) in [5.41, 5.74) is 1.46. The summed E-state index contributed by atoms with van der Waals surface area (Å²) in [4.78, 5) is 12.7. The molecule has 0 aliphatic heterocycles. The van der Waals surface area contributed by atoms with Crippen molar-refractivity contribution in [1.29, 1.82) is 0 Å². The highest BCUT2D eigenvalue weighted by Gasteiger charge is 2.19. The number of benzene rings is 2. The first-order chi connectivity index (χ1) is 13.6. The number of ether oxygens (including phenoxy) is 3. The Morgan fingerprint density at radius 1 is 1.07 bits per heavy atom. The summed E-state index contributed by atoms with van der Waals surface area (Å²) in [6, 6.07) is 13.0. The second kappa shape index (κ2) is 9.18. The van der Waals surface area contributed by atoms with Crippen molar-refractivity contribution in [1.82, 2.24) is 10.2 Å². The molecular formula is C20H21N3O4S. The van der Waals surface area contributed by atoms with Crippen molar-refractivity contribution < 1.29 is 19.0 Å². The number of nitrogens with one attached hydrogen (secondary N) is 1. The number of carbonyl (C=O) groups excluding carboxylic acids is 1. The number of anilines is 1. The van der Waals surface area contributed by atoms with Crippen molar-refractivity contribution in [3.8, 4) is 17.2 Å². The second-order valence-corrected chi connectivity index (χ2v) is 6.97. The molecule has 1 N–H and O–H groups in total. The SMILES string of the molecule is COc1cccc(OC)c1C(=O)Nc1nnc(CCOc2cccc(C)c2)s1. The second-order valence-electron chi connectivity index (χ2n) is 5.91. The molecule has 8 heteroatoms.